The van der Waals surface area contributed by atoms with Gasteiger partial charge in [0.2, 0.25) is 0 Å². The fraction of sp³-hybridized carbons (Fsp3) is 0.769. The van der Waals surface area contributed by atoms with Gasteiger partial charge in [-0.2, -0.15) is 5.10 Å². The van der Waals surface area contributed by atoms with Crippen LogP contribution in [0.3, 0.4) is 0 Å². The van der Waals surface area contributed by atoms with E-state index in [4.69, 9.17) is 11.6 Å². The summed E-state index contributed by atoms with van der Waals surface area (Å²) < 4.78 is 1.97. The maximum Gasteiger partial charge on any atom is 0.0533 e. The van der Waals surface area contributed by atoms with Crippen LogP contribution < -0.4 is 5.32 Å². The Hall–Kier alpha value is -0.540. The van der Waals surface area contributed by atoms with Crippen molar-refractivity contribution in [3.63, 3.8) is 0 Å². The number of hydrogen-bond acceptors (Lipinski definition) is 2. The first-order valence-corrected chi connectivity index (χ1v) is 7.17. The van der Waals surface area contributed by atoms with E-state index in [9.17, 15) is 0 Å². The third kappa shape index (κ3) is 4.00. The fourth-order valence-electron chi connectivity index (χ4n) is 2.67. The van der Waals surface area contributed by atoms with E-state index in [1.54, 1.807) is 0 Å². The number of rotatable bonds is 6. The van der Waals surface area contributed by atoms with Gasteiger partial charge in [0, 0.05) is 24.8 Å². The Bertz CT molecular complexity index is 300. The molecule has 0 aromatic carbocycles. The van der Waals surface area contributed by atoms with Crippen molar-refractivity contribution >= 4 is 11.6 Å². The number of nitrogens with zero attached hydrogens (tertiary/aromatic N) is 2. The largest absolute Gasteiger partial charge is 0.315 e. The van der Waals surface area contributed by atoms with Crippen LogP contribution in [0.5, 0.6) is 0 Å². The molecule has 1 heterocycles. The van der Waals surface area contributed by atoms with Crippen LogP contribution in [0.4, 0.5) is 0 Å². The quantitative estimate of drug-likeness (QED) is 0.625. The number of halogens is 1. The molecule has 1 saturated carbocycles. The monoisotopic (exact) mass is 255 g/mol. The van der Waals surface area contributed by atoms with E-state index in [0.29, 0.717) is 0 Å². The minimum absolute atomic E-state index is 0.725. The fourth-order valence-corrected chi connectivity index (χ4v) is 3.08. The average molecular weight is 256 g/mol. The van der Waals surface area contributed by atoms with Gasteiger partial charge >= 0.3 is 0 Å². The molecule has 0 spiro atoms. The van der Waals surface area contributed by atoms with Gasteiger partial charge in [-0.3, -0.25) is 4.68 Å². The SMILES string of the molecule is ClCC1CCCCC1CNCCn1cccn1. The molecule has 3 nitrogen and oxygen atoms in total. The van der Waals surface area contributed by atoms with Crippen molar-refractivity contribution in [3.8, 4) is 0 Å². The van der Waals surface area contributed by atoms with Crippen molar-refractivity contribution < 1.29 is 0 Å². The first-order valence-electron chi connectivity index (χ1n) is 6.64. The summed E-state index contributed by atoms with van der Waals surface area (Å²) in [6, 6.07) is 1.96. The van der Waals surface area contributed by atoms with E-state index >= 15 is 0 Å². The molecule has 96 valence electrons. The number of nitrogens with one attached hydrogen (secondary N) is 1. The van der Waals surface area contributed by atoms with Crippen molar-refractivity contribution in [2.24, 2.45) is 11.8 Å². The van der Waals surface area contributed by atoms with Gasteiger partial charge in [-0.1, -0.05) is 12.8 Å². The van der Waals surface area contributed by atoms with Crippen molar-refractivity contribution in [2.45, 2.75) is 32.2 Å². The highest BCUT2D eigenvalue weighted by molar-refractivity contribution is 6.18. The molecule has 0 saturated heterocycles. The molecule has 2 rings (SSSR count). The summed E-state index contributed by atoms with van der Waals surface area (Å²) in [5.41, 5.74) is 0. The Kier molecular flexibility index (Phi) is 5.33. The molecule has 1 aromatic heterocycles. The minimum atomic E-state index is 0.725. The molecule has 4 heteroatoms. The van der Waals surface area contributed by atoms with Crippen LogP contribution in [-0.2, 0) is 6.54 Å². The number of alkyl halides is 1. The summed E-state index contributed by atoms with van der Waals surface area (Å²) in [4.78, 5) is 0. The van der Waals surface area contributed by atoms with E-state index in [2.05, 4.69) is 10.4 Å². The third-order valence-corrected chi connectivity index (χ3v) is 4.14. The van der Waals surface area contributed by atoms with Gasteiger partial charge in [0.1, 0.15) is 0 Å². The predicted octanol–water partition coefficient (Wildman–Crippen LogP) is 2.52. The second kappa shape index (κ2) is 7.02. The lowest BCUT2D eigenvalue weighted by molar-refractivity contribution is 0.250. The number of aromatic nitrogens is 2. The average Bonchev–Trinajstić information content (AvgIpc) is 2.88. The molecule has 2 unspecified atom stereocenters. The maximum atomic E-state index is 6.03. The molecule has 0 amide bonds. The maximum absolute atomic E-state index is 6.03. The lowest BCUT2D eigenvalue weighted by Gasteiger charge is -2.30. The van der Waals surface area contributed by atoms with Gasteiger partial charge in [-0.05, 0) is 37.3 Å². The zero-order chi connectivity index (χ0) is 11.9. The summed E-state index contributed by atoms with van der Waals surface area (Å²) in [7, 11) is 0. The van der Waals surface area contributed by atoms with Gasteiger partial charge < -0.3 is 5.32 Å². The molecule has 2 atom stereocenters. The molecule has 0 bridgehead atoms. The Morgan fingerprint density at radius 2 is 2.12 bits per heavy atom. The highest BCUT2D eigenvalue weighted by Crippen LogP contribution is 2.30. The van der Waals surface area contributed by atoms with Crippen molar-refractivity contribution in [1.82, 2.24) is 15.1 Å². The normalized spacial score (nSPS) is 25.0. The molecule has 1 fully saturated rings. The van der Waals surface area contributed by atoms with Gasteiger partial charge in [0.05, 0.1) is 6.54 Å². The lowest BCUT2D eigenvalue weighted by Crippen LogP contribution is -2.33. The van der Waals surface area contributed by atoms with Crippen LogP contribution in [0.25, 0.3) is 0 Å². The molecule has 1 N–H and O–H groups in total. The molecule has 1 aliphatic carbocycles. The first-order chi connectivity index (χ1) is 8.40. The molecule has 1 aliphatic rings. The van der Waals surface area contributed by atoms with E-state index in [0.717, 1.165) is 37.4 Å². The smallest absolute Gasteiger partial charge is 0.0533 e. The predicted molar refractivity (Wildman–Crippen MR) is 71.3 cm³/mol. The Morgan fingerprint density at radius 3 is 2.82 bits per heavy atom. The summed E-state index contributed by atoms with van der Waals surface area (Å²) >= 11 is 6.03. The third-order valence-electron chi connectivity index (χ3n) is 3.75. The second-order valence-electron chi connectivity index (χ2n) is 4.93. The molecular formula is C13H22ClN3. The van der Waals surface area contributed by atoms with Crippen molar-refractivity contribution in [3.05, 3.63) is 18.5 Å². The summed E-state index contributed by atoms with van der Waals surface area (Å²) in [6.07, 6.45) is 9.22. The summed E-state index contributed by atoms with van der Waals surface area (Å²) in [5, 5.41) is 7.73. The van der Waals surface area contributed by atoms with E-state index in [1.165, 1.54) is 25.7 Å². The van der Waals surface area contributed by atoms with Gasteiger partial charge in [-0.15, -0.1) is 11.6 Å². The second-order valence-corrected chi connectivity index (χ2v) is 5.24. The van der Waals surface area contributed by atoms with E-state index in [-0.39, 0.29) is 0 Å². The standard InChI is InChI=1S/C13H22ClN3/c14-10-12-4-1-2-5-13(12)11-15-7-9-17-8-3-6-16-17/h3,6,8,12-13,15H,1-2,4-5,7,9-11H2. The lowest BCUT2D eigenvalue weighted by atomic mass is 9.80. The first kappa shape index (κ1) is 12.9. The summed E-state index contributed by atoms with van der Waals surface area (Å²) in [6.45, 7) is 3.05. The summed E-state index contributed by atoms with van der Waals surface area (Å²) in [5.74, 6) is 2.33. The van der Waals surface area contributed by atoms with Gasteiger partial charge in [0.25, 0.3) is 0 Å². The highest BCUT2D eigenvalue weighted by Gasteiger charge is 2.23. The van der Waals surface area contributed by atoms with Crippen LogP contribution >= 0.6 is 11.6 Å². The highest BCUT2D eigenvalue weighted by atomic mass is 35.5. The van der Waals surface area contributed by atoms with E-state index in [1.807, 2.05) is 23.1 Å². The molecule has 0 radical (unpaired) electrons. The van der Waals surface area contributed by atoms with Crippen LogP contribution in [-0.4, -0.2) is 28.8 Å². The van der Waals surface area contributed by atoms with Gasteiger partial charge in [0.15, 0.2) is 0 Å². The Balaban J connectivity index is 1.63. The van der Waals surface area contributed by atoms with Crippen LogP contribution in [0.2, 0.25) is 0 Å². The van der Waals surface area contributed by atoms with Crippen LogP contribution in [0, 0.1) is 11.8 Å². The Morgan fingerprint density at radius 1 is 1.29 bits per heavy atom. The Labute approximate surface area is 109 Å². The topological polar surface area (TPSA) is 29.9 Å². The molecule has 17 heavy (non-hydrogen) atoms. The van der Waals surface area contributed by atoms with Crippen LogP contribution in [0.15, 0.2) is 18.5 Å². The van der Waals surface area contributed by atoms with Gasteiger partial charge in [-0.25, -0.2) is 0 Å². The molecule has 0 aliphatic heterocycles. The van der Waals surface area contributed by atoms with Crippen molar-refractivity contribution in [2.75, 3.05) is 19.0 Å². The number of hydrogen-bond donors (Lipinski definition) is 1. The molecular weight excluding hydrogens is 234 g/mol. The zero-order valence-corrected chi connectivity index (χ0v) is 11.1. The van der Waals surface area contributed by atoms with Crippen LogP contribution in [0.1, 0.15) is 25.7 Å². The zero-order valence-electron chi connectivity index (χ0n) is 10.3. The van der Waals surface area contributed by atoms with E-state index < -0.39 is 0 Å². The minimum Gasteiger partial charge on any atom is -0.315 e. The molecule has 1 aromatic rings. The van der Waals surface area contributed by atoms with Crippen molar-refractivity contribution in [1.29, 1.82) is 0 Å².